The molecule has 8 nitrogen and oxygen atoms in total. The third-order valence-electron chi connectivity index (χ3n) is 6.21. The second-order valence-corrected chi connectivity index (χ2v) is 8.21. The van der Waals surface area contributed by atoms with E-state index in [0.29, 0.717) is 12.5 Å². The average Bonchev–Trinajstić information content (AvgIpc) is 3.54. The molecule has 1 aliphatic heterocycles. The van der Waals surface area contributed by atoms with E-state index in [1.807, 2.05) is 50.4 Å². The van der Waals surface area contributed by atoms with Gasteiger partial charge in [-0.15, -0.1) is 0 Å². The predicted molar refractivity (Wildman–Crippen MR) is 124 cm³/mol. The molecule has 4 rings (SSSR count). The maximum absolute atomic E-state index is 12.8. The fraction of sp³-hybridized carbons (Fsp3) is 0.375. The first-order valence-electron chi connectivity index (χ1n) is 10.9. The van der Waals surface area contributed by atoms with Crippen molar-refractivity contribution in [3.05, 3.63) is 66.7 Å². The smallest absolute Gasteiger partial charge is 0.317 e. The highest BCUT2D eigenvalue weighted by Crippen LogP contribution is 2.27. The SMILES string of the molecule is COc1cccc(N2CCC(CNC(=O)N(C)C(C)c3ccc(-n4cncn4)cc3)C2)c1. The van der Waals surface area contributed by atoms with E-state index in [-0.39, 0.29) is 12.1 Å². The molecule has 0 bridgehead atoms. The zero-order valence-electron chi connectivity index (χ0n) is 18.8. The zero-order chi connectivity index (χ0) is 22.5. The molecule has 0 radical (unpaired) electrons. The molecular weight excluding hydrogens is 404 g/mol. The van der Waals surface area contributed by atoms with Crippen LogP contribution >= 0.6 is 0 Å². The number of benzene rings is 2. The number of aromatic nitrogens is 3. The van der Waals surface area contributed by atoms with Gasteiger partial charge in [0, 0.05) is 38.4 Å². The van der Waals surface area contributed by atoms with E-state index in [0.717, 1.165) is 36.5 Å². The number of hydrogen-bond acceptors (Lipinski definition) is 5. The summed E-state index contributed by atoms with van der Waals surface area (Å²) in [5.74, 6) is 1.29. The van der Waals surface area contributed by atoms with Crippen LogP contribution in [0.4, 0.5) is 10.5 Å². The van der Waals surface area contributed by atoms with E-state index in [4.69, 9.17) is 4.74 Å². The van der Waals surface area contributed by atoms with Gasteiger partial charge in [0.2, 0.25) is 0 Å². The molecule has 3 aromatic rings. The van der Waals surface area contributed by atoms with Crippen LogP contribution in [0, 0.1) is 5.92 Å². The Bertz CT molecular complexity index is 1020. The molecule has 0 aliphatic carbocycles. The van der Waals surface area contributed by atoms with Gasteiger partial charge in [0.25, 0.3) is 0 Å². The zero-order valence-corrected chi connectivity index (χ0v) is 18.8. The summed E-state index contributed by atoms with van der Waals surface area (Å²) in [4.78, 5) is 20.8. The number of methoxy groups -OCH3 is 1. The Morgan fingerprint density at radius 2 is 2.06 bits per heavy atom. The van der Waals surface area contributed by atoms with Crippen molar-refractivity contribution in [1.29, 1.82) is 0 Å². The van der Waals surface area contributed by atoms with Gasteiger partial charge in [-0.2, -0.15) is 5.10 Å². The first-order valence-corrected chi connectivity index (χ1v) is 10.9. The lowest BCUT2D eigenvalue weighted by atomic mass is 10.1. The highest BCUT2D eigenvalue weighted by Gasteiger charge is 2.25. The molecule has 1 fully saturated rings. The molecule has 2 atom stereocenters. The molecule has 1 saturated heterocycles. The van der Waals surface area contributed by atoms with Crippen LogP contribution in [0.1, 0.15) is 24.9 Å². The first-order chi connectivity index (χ1) is 15.5. The Hall–Kier alpha value is -3.55. The number of amides is 2. The summed E-state index contributed by atoms with van der Waals surface area (Å²) < 4.78 is 7.04. The summed E-state index contributed by atoms with van der Waals surface area (Å²) in [7, 11) is 3.52. The molecular formula is C24H30N6O2. The normalized spacial score (nSPS) is 16.6. The second-order valence-electron chi connectivity index (χ2n) is 8.21. The van der Waals surface area contributed by atoms with Crippen molar-refractivity contribution in [2.24, 2.45) is 5.92 Å². The largest absolute Gasteiger partial charge is 0.497 e. The molecule has 1 N–H and O–H groups in total. The Morgan fingerprint density at radius 1 is 1.25 bits per heavy atom. The number of anilines is 1. The van der Waals surface area contributed by atoms with Crippen LogP contribution in [0.15, 0.2) is 61.2 Å². The third kappa shape index (κ3) is 4.85. The first kappa shape index (κ1) is 21.7. The van der Waals surface area contributed by atoms with Crippen LogP contribution in [0.5, 0.6) is 5.75 Å². The highest BCUT2D eigenvalue weighted by atomic mass is 16.5. The minimum Gasteiger partial charge on any atom is -0.497 e. The van der Waals surface area contributed by atoms with Crippen LogP contribution < -0.4 is 15.0 Å². The van der Waals surface area contributed by atoms with E-state index < -0.39 is 0 Å². The van der Waals surface area contributed by atoms with Gasteiger partial charge in [-0.3, -0.25) is 0 Å². The van der Waals surface area contributed by atoms with Crippen LogP contribution in [-0.2, 0) is 0 Å². The summed E-state index contributed by atoms with van der Waals surface area (Å²) in [5, 5.41) is 7.26. The van der Waals surface area contributed by atoms with Gasteiger partial charge in [-0.1, -0.05) is 18.2 Å². The van der Waals surface area contributed by atoms with Crippen LogP contribution in [0.3, 0.4) is 0 Å². The van der Waals surface area contributed by atoms with Gasteiger partial charge in [0.1, 0.15) is 18.4 Å². The number of carbonyl (C=O) groups excluding carboxylic acids is 1. The van der Waals surface area contributed by atoms with E-state index in [9.17, 15) is 4.79 Å². The Labute approximate surface area is 188 Å². The monoisotopic (exact) mass is 434 g/mol. The Balaban J connectivity index is 1.28. The lowest BCUT2D eigenvalue weighted by Crippen LogP contribution is -2.41. The topological polar surface area (TPSA) is 75.5 Å². The molecule has 2 aromatic carbocycles. The van der Waals surface area contributed by atoms with Gasteiger partial charge in [0.05, 0.1) is 18.8 Å². The summed E-state index contributed by atoms with van der Waals surface area (Å²) in [5.41, 5.74) is 3.17. The van der Waals surface area contributed by atoms with Gasteiger partial charge in [-0.25, -0.2) is 14.5 Å². The minimum absolute atomic E-state index is 0.0448. The Morgan fingerprint density at radius 3 is 2.78 bits per heavy atom. The average molecular weight is 435 g/mol. The minimum atomic E-state index is -0.0577. The number of hydrogen-bond donors (Lipinski definition) is 1. The molecule has 8 heteroatoms. The summed E-state index contributed by atoms with van der Waals surface area (Å²) in [6.45, 7) is 4.61. The summed E-state index contributed by atoms with van der Waals surface area (Å²) >= 11 is 0. The van der Waals surface area contributed by atoms with E-state index in [2.05, 4.69) is 32.4 Å². The molecule has 2 unspecified atom stereocenters. The second kappa shape index (κ2) is 9.72. The standard InChI is InChI=1S/C24H30N6O2/c1-18(20-7-9-21(10-8-20)30-17-25-16-27-30)28(2)24(31)26-14-19-11-12-29(15-19)22-5-4-6-23(13-22)32-3/h4-10,13,16-19H,11-12,14-15H2,1-3H3,(H,26,31). The van der Waals surface area contributed by atoms with Crippen molar-refractivity contribution in [3.63, 3.8) is 0 Å². The fourth-order valence-corrected chi connectivity index (χ4v) is 4.04. The van der Waals surface area contributed by atoms with Crippen molar-refractivity contribution in [2.45, 2.75) is 19.4 Å². The number of carbonyl (C=O) groups is 1. The molecule has 2 amide bonds. The van der Waals surface area contributed by atoms with Crippen LogP contribution in [0.25, 0.3) is 5.69 Å². The highest BCUT2D eigenvalue weighted by molar-refractivity contribution is 5.74. The number of nitrogens with zero attached hydrogens (tertiary/aromatic N) is 5. The van der Waals surface area contributed by atoms with E-state index in [1.54, 1.807) is 23.0 Å². The van der Waals surface area contributed by atoms with E-state index >= 15 is 0 Å². The van der Waals surface area contributed by atoms with Crippen molar-refractivity contribution in [3.8, 4) is 11.4 Å². The van der Waals surface area contributed by atoms with Crippen LogP contribution in [-0.4, -0.2) is 59.5 Å². The predicted octanol–water partition coefficient (Wildman–Crippen LogP) is 3.50. The van der Waals surface area contributed by atoms with Crippen molar-refractivity contribution >= 4 is 11.7 Å². The van der Waals surface area contributed by atoms with Crippen molar-refractivity contribution in [1.82, 2.24) is 25.0 Å². The summed E-state index contributed by atoms with van der Waals surface area (Å²) in [6.07, 6.45) is 4.23. The van der Waals surface area contributed by atoms with Crippen molar-refractivity contribution in [2.75, 3.05) is 38.7 Å². The fourth-order valence-electron chi connectivity index (χ4n) is 4.04. The third-order valence-corrected chi connectivity index (χ3v) is 6.21. The maximum Gasteiger partial charge on any atom is 0.317 e. The Kier molecular flexibility index (Phi) is 6.58. The van der Waals surface area contributed by atoms with Crippen LogP contribution in [0.2, 0.25) is 0 Å². The lowest BCUT2D eigenvalue weighted by Gasteiger charge is -2.26. The molecule has 0 saturated carbocycles. The number of rotatable bonds is 7. The lowest BCUT2D eigenvalue weighted by molar-refractivity contribution is 0.193. The van der Waals surface area contributed by atoms with Gasteiger partial charge >= 0.3 is 6.03 Å². The van der Waals surface area contributed by atoms with Gasteiger partial charge in [0.15, 0.2) is 0 Å². The van der Waals surface area contributed by atoms with Gasteiger partial charge < -0.3 is 19.9 Å². The molecule has 1 aliphatic rings. The molecule has 168 valence electrons. The molecule has 0 spiro atoms. The molecule has 32 heavy (non-hydrogen) atoms. The molecule has 2 heterocycles. The van der Waals surface area contributed by atoms with Crippen molar-refractivity contribution < 1.29 is 9.53 Å². The maximum atomic E-state index is 12.8. The number of nitrogens with one attached hydrogen (secondary N) is 1. The number of urea groups is 1. The van der Waals surface area contributed by atoms with E-state index in [1.165, 1.54) is 12.0 Å². The summed E-state index contributed by atoms with van der Waals surface area (Å²) in [6, 6.07) is 16.0. The molecule has 1 aromatic heterocycles. The number of ether oxygens (including phenoxy) is 1. The van der Waals surface area contributed by atoms with Gasteiger partial charge in [-0.05, 0) is 49.1 Å². The quantitative estimate of drug-likeness (QED) is 0.616.